The number of thioether (sulfide) groups is 1. The number of rotatable bonds is 6. The first-order chi connectivity index (χ1) is 8.43. The van der Waals surface area contributed by atoms with Gasteiger partial charge in [0.1, 0.15) is 0 Å². The average molecular weight is 273 g/mol. The summed E-state index contributed by atoms with van der Waals surface area (Å²) in [7, 11) is 0. The van der Waals surface area contributed by atoms with Crippen LogP contribution in [0.4, 0.5) is 0 Å². The molecule has 0 bridgehead atoms. The van der Waals surface area contributed by atoms with Crippen molar-refractivity contribution < 1.29 is 0 Å². The highest BCUT2D eigenvalue weighted by Crippen LogP contribution is 2.27. The minimum atomic E-state index is 0.683. The molecule has 0 aromatic carbocycles. The second-order valence-corrected chi connectivity index (χ2v) is 7.81. The summed E-state index contributed by atoms with van der Waals surface area (Å²) >= 11 is 2.12. The van der Waals surface area contributed by atoms with Gasteiger partial charge in [-0.3, -0.25) is 4.90 Å². The van der Waals surface area contributed by atoms with Crippen LogP contribution in [0.5, 0.6) is 0 Å². The van der Waals surface area contributed by atoms with Gasteiger partial charge in [-0.2, -0.15) is 11.8 Å². The van der Waals surface area contributed by atoms with Gasteiger partial charge in [0.25, 0.3) is 0 Å². The third kappa shape index (κ3) is 4.75. The fourth-order valence-electron chi connectivity index (χ4n) is 2.63. The molecule has 0 aliphatic carbocycles. The maximum atomic E-state index is 3.60. The zero-order chi connectivity index (χ0) is 13.7. The molecule has 2 nitrogen and oxygen atoms in total. The van der Waals surface area contributed by atoms with Gasteiger partial charge < -0.3 is 5.32 Å². The Labute approximate surface area is 118 Å². The van der Waals surface area contributed by atoms with Crippen LogP contribution in [0, 0.1) is 11.8 Å². The first kappa shape index (κ1) is 16.3. The third-order valence-electron chi connectivity index (χ3n) is 4.30. The smallest absolute Gasteiger partial charge is 0.0187 e. The highest BCUT2D eigenvalue weighted by molar-refractivity contribution is 8.00. The zero-order valence-electron chi connectivity index (χ0n) is 13.1. The van der Waals surface area contributed by atoms with Crippen LogP contribution in [0.3, 0.4) is 0 Å². The van der Waals surface area contributed by atoms with Crippen molar-refractivity contribution in [2.75, 3.05) is 25.4 Å². The molecule has 0 aromatic heterocycles. The summed E-state index contributed by atoms with van der Waals surface area (Å²) in [6, 6.07) is 1.40. The molecular formula is C15H32N2S. The Hall–Kier alpha value is 0.270. The summed E-state index contributed by atoms with van der Waals surface area (Å²) in [5.74, 6) is 2.77. The lowest BCUT2D eigenvalue weighted by Crippen LogP contribution is -2.52. The average Bonchev–Trinajstić information content (AvgIpc) is 2.31. The monoisotopic (exact) mass is 272 g/mol. The Balaban J connectivity index is 2.39. The number of hydrogen-bond donors (Lipinski definition) is 1. The Morgan fingerprint density at radius 1 is 1.17 bits per heavy atom. The lowest BCUT2D eigenvalue weighted by Gasteiger charge is -2.43. The molecule has 1 heterocycles. The van der Waals surface area contributed by atoms with Crippen molar-refractivity contribution in [3.8, 4) is 0 Å². The zero-order valence-corrected chi connectivity index (χ0v) is 13.9. The number of nitrogens with one attached hydrogen (secondary N) is 1. The van der Waals surface area contributed by atoms with Crippen LogP contribution in [0.1, 0.15) is 41.5 Å². The predicted octanol–water partition coefficient (Wildman–Crippen LogP) is 3.08. The molecule has 1 N–H and O–H groups in total. The molecule has 0 aromatic rings. The summed E-state index contributed by atoms with van der Waals surface area (Å²) in [6.07, 6.45) is 0. The van der Waals surface area contributed by atoms with Crippen LogP contribution < -0.4 is 5.32 Å². The molecule has 0 radical (unpaired) electrons. The van der Waals surface area contributed by atoms with Crippen LogP contribution >= 0.6 is 11.8 Å². The highest BCUT2D eigenvalue weighted by atomic mass is 32.2. The van der Waals surface area contributed by atoms with Gasteiger partial charge in [0.2, 0.25) is 0 Å². The van der Waals surface area contributed by atoms with E-state index in [4.69, 9.17) is 0 Å². The van der Waals surface area contributed by atoms with Gasteiger partial charge in [-0.15, -0.1) is 0 Å². The molecule has 18 heavy (non-hydrogen) atoms. The molecule has 0 spiro atoms. The largest absolute Gasteiger partial charge is 0.316 e. The van der Waals surface area contributed by atoms with Gasteiger partial charge in [0.15, 0.2) is 0 Å². The number of hydrogen-bond acceptors (Lipinski definition) is 3. The highest BCUT2D eigenvalue weighted by Gasteiger charge is 2.30. The van der Waals surface area contributed by atoms with E-state index in [0.29, 0.717) is 12.1 Å². The first-order valence-corrected chi connectivity index (χ1v) is 8.56. The summed E-state index contributed by atoms with van der Waals surface area (Å²) in [5.41, 5.74) is 0. The maximum absolute atomic E-state index is 3.60. The van der Waals surface area contributed by atoms with E-state index in [1.54, 1.807) is 0 Å². The second-order valence-electron chi connectivity index (χ2n) is 6.32. The van der Waals surface area contributed by atoms with Gasteiger partial charge in [-0.05, 0) is 38.8 Å². The third-order valence-corrected chi connectivity index (χ3v) is 5.64. The van der Waals surface area contributed by atoms with E-state index in [-0.39, 0.29) is 0 Å². The van der Waals surface area contributed by atoms with Crippen LogP contribution in [-0.4, -0.2) is 47.6 Å². The van der Waals surface area contributed by atoms with E-state index in [1.165, 1.54) is 12.3 Å². The van der Waals surface area contributed by atoms with Gasteiger partial charge in [0, 0.05) is 29.6 Å². The molecule has 1 aliphatic rings. The number of nitrogens with zero attached hydrogens (tertiary/aromatic N) is 1. The summed E-state index contributed by atoms with van der Waals surface area (Å²) < 4.78 is 0. The molecule has 4 atom stereocenters. The quantitative estimate of drug-likeness (QED) is 0.800. The fraction of sp³-hybridized carbons (Fsp3) is 1.00. The van der Waals surface area contributed by atoms with Crippen LogP contribution in [-0.2, 0) is 0 Å². The fourth-order valence-corrected chi connectivity index (χ4v) is 3.75. The topological polar surface area (TPSA) is 15.3 Å². The summed E-state index contributed by atoms with van der Waals surface area (Å²) in [5, 5.41) is 4.37. The van der Waals surface area contributed by atoms with Crippen LogP contribution in [0.15, 0.2) is 0 Å². The van der Waals surface area contributed by atoms with E-state index in [2.05, 4.69) is 63.5 Å². The van der Waals surface area contributed by atoms with Crippen LogP contribution in [0.25, 0.3) is 0 Å². The molecule has 1 aliphatic heterocycles. The minimum absolute atomic E-state index is 0.683. The van der Waals surface area contributed by atoms with Crippen molar-refractivity contribution in [1.29, 1.82) is 0 Å². The Bertz CT molecular complexity index is 233. The molecule has 1 saturated heterocycles. The Kier molecular flexibility index (Phi) is 7.04. The maximum Gasteiger partial charge on any atom is 0.0187 e. The van der Waals surface area contributed by atoms with Crippen molar-refractivity contribution in [1.82, 2.24) is 10.2 Å². The van der Waals surface area contributed by atoms with E-state index in [0.717, 1.165) is 30.2 Å². The normalized spacial score (nSPS) is 29.5. The van der Waals surface area contributed by atoms with E-state index in [1.807, 2.05) is 0 Å². The van der Waals surface area contributed by atoms with Crippen molar-refractivity contribution in [2.24, 2.45) is 11.8 Å². The second kappa shape index (κ2) is 7.76. The summed E-state index contributed by atoms with van der Waals surface area (Å²) in [4.78, 5) is 2.71. The molecular weight excluding hydrogens is 240 g/mol. The standard InChI is InChI=1S/C15H32N2S/c1-11(2)9-16-10-12(3)13(4)17-7-8-18-15(6)14(17)5/h11-16H,7-10H2,1-6H3. The van der Waals surface area contributed by atoms with Crippen LogP contribution in [0.2, 0.25) is 0 Å². The first-order valence-electron chi connectivity index (χ1n) is 7.51. The minimum Gasteiger partial charge on any atom is -0.316 e. The summed E-state index contributed by atoms with van der Waals surface area (Å²) in [6.45, 7) is 17.6. The molecule has 108 valence electrons. The predicted molar refractivity (Wildman–Crippen MR) is 84.4 cm³/mol. The lowest BCUT2D eigenvalue weighted by molar-refractivity contribution is 0.118. The van der Waals surface area contributed by atoms with Gasteiger partial charge >= 0.3 is 0 Å². The van der Waals surface area contributed by atoms with Gasteiger partial charge in [-0.25, -0.2) is 0 Å². The van der Waals surface area contributed by atoms with Crippen molar-refractivity contribution in [3.63, 3.8) is 0 Å². The van der Waals surface area contributed by atoms with E-state index < -0.39 is 0 Å². The molecule has 3 heteroatoms. The molecule has 0 amide bonds. The van der Waals surface area contributed by atoms with E-state index >= 15 is 0 Å². The molecule has 1 fully saturated rings. The SMILES string of the molecule is CC(C)CNCC(C)C(C)N1CCSC(C)C1C. The van der Waals surface area contributed by atoms with E-state index in [9.17, 15) is 0 Å². The Morgan fingerprint density at radius 2 is 1.83 bits per heavy atom. The lowest BCUT2D eigenvalue weighted by atomic mass is 9.99. The van der Waals surface area contributed by atoms with Gasteiger partial charge in [-0.1, -0.05) is 27.7 Å². The molecule has 0 saturated carbocycles. The van der Waals surface area contributed by atoms with Gasteiger partial charge in [0.05, 0.1) is 0 Å². The molecule has 4 unspecified atom stereocenters. The molecule has 1 rings (SSSR count). The Morgan fingerprint density at radius 3 is 2.44 bits per heavy atom. The van der Waals surface area contributed by atoms with Crippen molar-refractivity contribution in [3.05, 3.63) is 0 Å². The van der Waals surface area contributed by atoms with Crippen molar-refractivity contribution >= 4 is 11.8 Å². The van der Waals surface area contributed by atoms with Crippen molar-refractivity contribution in [2.45, 2.75) is 58.9 Å².